The summed E-state index contributed by atoms with van der Waals surface area (Å²) in [7, 11) is 3.07. The van der Waals surface area contributed by atoms with Crippen molar-refractivity contribution in [2.24, 2.45) is 0 Å². The molecule has 0 radical (unpaired) electrons. The first-order valence-corrected chi connectivity index (χ1v) is 6.45. The van der Waals surface area contributed by atoms with Gasteiger partial charge in [0.1, 0.15) is 17.2 Å². The zero-order chi connectivity index (χ0) is 14.5. The normalized spacial score (nSPS) is 10.2. The maximum atomic E-state index is 13.8. The highest BCUT2D eigenvalue weighted by atomic mass is 35.5. The predicted molar refractivity (Wildman–Crippen MR) is 75.6 cm³/mol. The fraction of sp³-hybridized carbons (Fsp3) is 0.200. The van der Waals surface area contributed by atoms with Crippen molar-refractivity contribution in [1.29, 1.82) is 0 Å². The van der Waals surface area contributed by atoms with Gasteiger partial charge >= 0.3 is 0 Å². The van der Waals surface area contributed by atoms with E-state index in [1.165, 1.54) is 20.3 Å². The van der Waals surface area contributed by atoms with Gasteiger partial charge in [-0.1, -0.05) is 12.1 Å². The van der Waals surface area contributed by atoms with Crippen LogP contribution in [0.25, 0.3) is 0 Å². The molecule has 0 unspecified atom stereocenters. The minimum atomic E-state index is -0.468. The Hall–Kier alpha value is -1.94. The van der Waals surface area contributed by atoms with E-state index in [1.807, 2.05) is 0 Å². The van der Waals surface area contributed by atoms with Crippen molar-refractivity contribution < 1.29 is 18.6 Å². The molecule has 0 fully saturated rings. The minimum absolute atomic E-state index is 0.109. The molecule has 20 heavy (non-hydrogen) atoms. The third kappa shape index (κ3) is 3.14. The number of halogens is 2. The number of benzene rings is 2. The smallest absolute Gasteiger partial charge is 0.167 e. The maximum Gasteiger partial charge on any atom is 0.167 e. The van der Waals surface area contributed by atoms with Gasteiger partial charge < -0.3 is 14.2 Å². The Kier molecular flexibility index (Phi) is 4.69. The van der Waals surface area contributed by atoms with Crippen molar-refractivity contribution in [2.75, 3.05) is 14.2 Å². The topological polar surface area (TPSA) is 27.7 Å². The van der Waals surface area contributed by atoms with Crippen LogP contribution < -0.4 is 14.2 Å². The van der Waals surface area contributed by atoms with Crippen LogP contribution in [0, 0.1) is 5.82 Å². The SMILES string of the molecule is COc1cc(OC)cc(Oc2c(F)cccc2CCl)c1. The van der Waals surface area contributed by atoms with Gasteiger partial charge in [0.05, 0.1) is 20.1 Å². The minimum Gasteiger partial charge on any atom is -0.496 e. The van der Waals surface area contributed by atoms with Crippen LogP contribution in [0.15, 0.2) is 36.4 Å². The van der Waals surface area contributed by atoms with Crippen LogP contribution in [-0.4, -0.2) is 14.2 Å². The van der Waals surface area contributed by atoms with E-state index < -0.39 is 5.82 Å². The highest BCUT2D eigenvalue weighted by Crippen LogP contribution is 2.34. The Labute approximate surface area is 121 Å². The Morgan fingerprint density at radius 3 is 2.15 bits per heavy atom. The Balaban J connectivity index is 2.39. The molecule has 0 atom stereocenters. The number of hydrogen-bond donors (Lipinski definition) is 0. The van der Waals surface area contributed by atoms with Crippen molar-refractivity contribution in [1.82, 2.24) is 0 Å². The quantitative estimate of drug-likeness (QED) is 0.767. The summed E-state index contributed by atoms with van der Waals surface area (Å²) in [6.45, 7) is 0. The molecule has 0 N–H and O–H groups in total. The summed E-state index contributed by atoms with van der Waals surface area (Å²) in [5.41, 5.74) is 0.577. The summed E-state index contributed by atoms with van der Waals surface area (Å²) >= 11 is 5.79. The maximum absolute atomic E-state index is 13.8. The molecule has 0 saturated carbocycles. The van der Waals surface area contributed by atoms with Crippen LogP contribution in [0.4, 0.5) is 4.39 Å². The fourth-order valence-corrected chi connectivity index (χ4v) is 1.94. The van der Waals surface area contributed by atoms with E-state index in [9.17, 15) is 4.39 Å². The zero-order valence-corrected chi connectivity index (χ0v) is 11.9. The molecule has 0 aliphatic carbocycles. The van der Waals surface area contributed by atoms with E-state index in [0.717, 1.165) is 0 Å². The van der Waals surface area contributed by atoms with Crippen LogP contribution in [-0.2, 0) is 5.88 Å². The van der Waals surface area contributed by atoms with Gasteiger partial charge in [0, 0.05) is 23.8 Å². The van der Waals surface area contributed by atoms with Crippen LogP contribution in [0.2, 0.25) is 0 Å². The Bertz CT molecular complexity index is 579. The van der Waals surface area contributed by atoms with E-state index in [0.29, 0.717) is 22.8 Å². The highest BCUT2D eigenvalue weighted by molar-refractivity contribution is 6.17. The number of ether oxygens (including phenoxy) is 3. The molecule has 3 nitrogen and oxygen atoms in total. The summed E-state index contributed by atoms with van der Waals surface area (Å²) in [6.07, 6.45) is 0. The number of methoxy groups -OCH3 is 2. The lowest BCUT2D eigenvalue weighted by Crippen LogP contribution is -1.95. The van der Waals surface area contributed by atoms with Crippen molar-refractivity contribution in [3.63, 3.8) is 0 Å². The molecule has 0 bridgehead atoms. The van der Waals surface area contributed by atoms with Crippen molar-refractivity contribution in [3.8, 4) is 23.0 Å². The van der Waals surface area contributed by atoms with Crippen LogP contribution in [0.1, 0.15) is 5.56 Å². The molecular formula is C15H14ClFO3. The summed E-state index contributed by atoms with van der Waals surface area (Å²) in [4.78, 5) is 0. The molecular weight excluding hydrogens is 283 g/mol. The summed E-state index contributed by atoms with van der Waals surface area (Å²) in [5.74, 6) is 1.33. The molecule has 0 aliphatic rings. The molecule has 0 saturated heterocycles. The monoisotopic (exact) mass is 296 g/mol. The summed E-state index contributed by atoms with van der Waals surface area (Å²) < 4.78 is 29.7. The summed E-state index contributed by atoms with van der Waals surface area (Å²) in [6, 6.07) is 9.62. The first kappa shape index (κ1) is 14.5. The third-order valence-corrected chi connectivity index (χ3v) is 3.03. The molecule has 2 aromatic rings. The molecule has 0 amide bonds. The number of alkyl halides is 1. The lowest BCUT2D eigenvalue weighted by molar-refractivity contribution is 0.383. The molecule has 0 aromatic heterocycles. The van der Waals surface area contributed by atoms with E-state index in [1.54, 1.807) is 30.3 Å². The second kappa shape index (κ2) is 6.48. The van der Waals surface area contributed by atoms with E-state index in [-0.39, 0.29) is 11.6 Å². The Morgan fingerprint density at radius 2 is 1.60 bits per heavy atom. The number of hydrogen-bond acceptors (Lipinski definition) is 3. The second-order valence-electron chi connectivity index (χ2n) is 4.01. The van der Waals surface area contributed by atoms with Gasteiger partial charge in [-0.15, -0.1) is 11.6 Å². The van der Waals surface area contributed by atoms with E-state index in [2.05, 4.69) is 0 Å². The van der Waals surface area contributed by atoms with Gasteiger partial charge in [0.2, 0.25) is 0 Å². The molecule has 0 spiro atoms. The van der Waals surface area contributed by atoms with Crippen molar-refractivity contribution >= 4 is 11.6 Å². The van der Waals surface area contributed by atoms with Gasteiger partial charge in [0.25, 0.3) is 0 Å². The summed E-state index contributed by atoms with van der Waals surface area (Å²) in [5, 5.41) is 0. The van der Waals surface area contributed by atoms with Gasteiger partial charge in [0.15, 0.2) is 11.6 Å². The van der Waals surface area contributed by atoms with Crippen LogP contribution in [0.5, 0.6) is 23.0 Å². The van der Waals surface area contributed by atoms with Crippen LogP contribution in [0.3, 0.4) is 0 Å². The third-order valence-electron chi connectivity index (χ3n) is 2.74. The molecule has 106 valence electrons. The zero-order valence-electron chi connectivity index (χ0n) is 11.2. The highest BCUT2D eigenvalue weighted by Gasteiger charge is 2.12. The van der Waals surface area contributed by atoms with E-state index in [4.69, 9.17) is 25.8 Å². The van der Waals surface area contributed by atoms with Crippen molar-refractivity contribution in [2.45, 2.75) is 5.88 Å². The molecule has 0 heterocycles. The standard InChI is InChI=1S/C15H14ClFO3/c1-18-11-6-12(19-2)8-13(7-11)20-15-10(9-16)4-3-5-14(15)17/h3-8H,9H2,1-2H3. The average molecular weight is 297 g/mol. The first-order valence-electron chi connectivity index (χ1n) is 5.92. The lowest BCUT2D eigenvalue weighted by atomic mass is 10.2. The lowest BCUT2D eigenvalue weighted by Gasteiger charge is -2.12. The number of rotatable bonds is 5. The second-order valence-corrected chi connectivity index (χ2v) is 4.28. The molecule has 0 aliphatic heterocycles. The van der Waals surface area contributed by atoms with Gasteiger partial charge in [-0.2, -0.15) is 0 Å². The fourth-order valence-electron chi connectivity index (χ4n) is 1.73. The van der Waals surface area contributed by atoms with E-state index >= 15 is 0 Å². The average Bonchev–Trinajstić information content (AvgIpc) is 2.48. The van der Waals surface area contributed by atoms with Crippen LogP contribution >= 0.6 is 11.6 Å². The number of para-hydroxylation sites is 1. The molecule has 2 rings (SSSR count). The first-order chi connectivity index (χ1) is 9.67. The van der Waals surface area contributed by atoms with Gasteiger partial charge in [-0.3, -0.25) is 0 Å². The van der Waals surface area contributed by atoms with Crippen molar-refractivity contribution in [3.05, 3.63) is 47.8 Å². The Morgan fingerprint density at radius 1 is 1.00 bits per heavy atom. The van der Waals surface area contributed by atoms with Gasteiger partial charge in [-0.25, -0.2) is 4.39 Å². The molecule has 5 heteroatoms. The molecule has 2 aromatic carbocycles. The predicted octanol–water partition coefficient (Wildman–Crippen LogP) is 4.37. The van der Waals surface area contributed by atoms with Gasteiger partial charge in [-0.05, 0) is 6.07 Å². The largest absolute Gasteiger partial charge is 0.496 e.